The molecule has 0 bridgehead atoms. The maximum absolute atomic E-state index is 11.2. The van der Waals surface area contributed by atoms with Crippen molar-refractivity contribution in [3.05, 3.63) is 48.6 Å². The highest BCUT2D eigenvalue weighted by atomic mass is 16.3. The lowest BCUT2D eigenvalue weighted by Gasteiger charge is -2.12. The molecule has 0 saturated carbocycles. The number of carbonyl (C=O) groups is 1. The van der Waals surface area contributed by atoms with Crippen LogP contribution in [0.2, 0.25) is 0 Å². The van der Waals surface area contributed by atoms with Crippen LogP contribution >= 0.6 is 0 Å². The van der Waals surface area contributed by atoms with Crippen LogP contribution in [-0.4, -0.2) is 37.3 Å². The highest BCUT2D eigenvalue weighted by Gasteiger charge is 2.05. The highest BCUT2D eigenvalue weighted by molar-refractivity contribution is 5.73. The van der Waals surface area contributed by atoms with Gasteiger partial charge in [0.1, 0.15) is 0 Å². The fourth-order valence-corrected chi connectivity index (χ4v) is 1.52. The molecule has 19 heavy (non-hydrogen) atoms. The van der Waals surface area contributed by atoms with Crippen LogP contribution in [0.15, 0.2) is 43.0 Å². The average Bonchev–Trinajstić information content (AvgIpc) is 2.45. The Morgan fingerprint density at radius 2 is 2.00 bits per heavy atom. The predicted molar refractivity (Wildman–Crippen MR) is 75.9 cm³/mol. The Morgan fingerprint density at radius 3 is 2.68 bits per heavy atom. The van der Waals surface area contributed by atoms with Crippen molar-refractivity contribution in [1.29, 1.82) is 0 Å². The molecule has 4 N–H and O–H groups in total. The maximum Gasteiger partial charge on any atom is 0.315 e. The minimum absolute atomic E-state index is 0.217. The molecule has 0 aliphatic heterocycles. The SMILES string of the molecule is C=CCNC(=O)NCCNCC(O)c1ccccc1. The van der Waals surface area contributed by atoms with E-state index in [0.717, 1.165) is 5.56 Å². The molecule has 0 fully saturated rings. The van der Waals surface area contributed by atoms with Crippen LogP contribution < -0.4 is 16.0 Å². The molecule has 1 aromatic carbocycles. The molecule has 0 radical (unpaired) electrons. The summed E-state index contributed by atoms with van der Waals surface area (Å²) in [7, 11) is 0. The standard InChI is InChI=1S/C14H21N3O2/c1-2-8-16-14(19)17-10-9-15-11-13(18)12-6-4-3-5-7-12/h2-7,13,15,18H,1,8-11H2,(H2,16,17,19). The Bertz CT molecular complexity index is 382. The fraction of sp³-hybridized carbons (Fsp3) is 0.357. The number of urea groups is 1. The van der Waals surface area contributed by atoms with Gasteiger partial charge in [-0.05, 0) is 5.56 Å². The van der Waals surface area contributed by atoms with Crippen LogP contribution in [0.1, 0.15) is 11.7 Å². The van der Waals surface area contributed by atoms with Gasteiger partial charge in [-0.2, -0.15) is 0 Å². The minimum Gasteiger partial charge on any atom is -0.387 e. The number of benzene rings is 1. The Labute approximate surface area is 113 Å². The molecule has 0 saturated heterocycles. The predicted octanol–water partition coefficient (Wildman–Crippen LogP) is 0.795. The lowest BCUT2D eigenvalue weighted by atomic mass is 10.1. The number of carbonyl (C=O) groups excluding carboxylic acids is 1. The van der Waals surface area contributed by atoms with Gasteiger partial charge in [0.05, 0.1) is 6.10 Å². The Kier molecular flexibility index (Phi) is 7.31. The van der Waals surface area contributed by atoms with Gasteiger partial charge in [-0.25, -0.2) is 4.79 Å². The number of aliphatic hydroxyl groups excluding tert-OH is 1. The monoisotopic (exact) mass is 263 g/mol. The van der Waals surface area contributed by atoms with Crippen molar-refractivity contribution in [3.63, 3.8) is 0 Å². The number of rotatable bonds is 8. The van der Waals surface area contributed by atoms with Crippen molar-refractivity contribution in [2.24, 2.45) is 0 Å². The molecule has 104 valence electrons. The summed E-state index contributed by atoms with van der Waals surface area (Å²) in [6, 6.07) is 9.25. The lowest BCUT2D eigenvalue weighted by Crippen LogP contribution is -2.39. The zero-order valence-electron chi connectivity index (χ0n) is 10.9. The van der Waals surface area contributed by atoms with Gasteiger partial charge in [0.2, 0.25) is 0 Å². The molecule has 0 aliphatic carbocycles. The summed E-state index contributed by atoms with van der Waals surface area (Å²) in [6.45, 7) is 5.52. The first-order valence-electron chi connectivity index (χ1n) is 6.30. The first-order valence-corrected chi connectivity index (χ1v) is 6.30. The number of nitrogens with one attached hydrogen (secondary N) is 3. The van der Waals surface area contributed by atoms with Crippen molar-refractivity contribution in [2.75, 3.05) is 26.2 Å². The molecule has 0 aliphatic rings. The number of hydrogen-bond donors (Lipinski definition) is 4. The van der Waals surface area contributed by atoms with Crippen molar-refractivity contribution in [2.45, 2.75) is 6.10 Å². The molecule has 1 rings (SSSR count). The summed E-state index contributed by atoms with van der Waals surface area (Å²) in [5, 5.41) is 18.3. The largest absolute Gasteiger partial charge is 0.387 e. The van der Waals surface area contributed by atoms with Gasteiger partial charge >= 0.3 is 6.03 Å². The van der Waals surface area contributed by atoms with E-state index in [1.54, 1.807) is 6.08 Å². The third-order valence-corrected chi connectivity index (χ3v) is 2.52. The molecular weight excluding hydrogens is 242 g/mol. The Morgan fingerprint density at radius 1 is 1.26 bits per heavy atom. The fourth-order valence-electron chi connectivity index (χ4n) is 1.52. The summed E-state index contributed by atoms with van der Waals surface area (Å²) >= 11 is 0. The zero-order chi connectivity index (χ0) is 13.9. The van der Waals surface area contributed by atoms with Gasteiger partial charge in [0.15, 0.2) is 0 Å². The van der Waals surface area contributed by atoms with Gasteiger partial charge in [0.25, 0.3) is 0 Å². The van der Waals surface area contributed by atoms with Gasteiger partial charge in [0, 0.05) is 26.2 Å². The zero-order valence-corrected chi connectivity index (χ0v) is 10.9. The van der Waals surface area contributed by atoms with Gasteiger partial charge in [-0.15, -0.1) is 6.58 Å². The molecule has 0 heterocycles. The Balaban J connectivity index is 2.08. The topological polar surface area (TPSA) is 73.4 Å². The molecular formula is C14H21N3O2. The molecule has 0 spiro atoms. The van der Waals surface area contributed by atoms with Crippen LogP contribution in [0.4, 0.5) is 4.79 Å². The van der Waals surface area contributed by atoms with Crippen molar-refractivity contribution in [1.82, 2.24) is 16.0 Å². The first-order chi connectivity index (χ1) is 9.24. The van der Waals surface area contributed by atoms with Gasteiger partial charge < -0.3 is 21.1 Å². The van der Waals surface area contributed by atoms with E-state index in [-0.39, 0.29) is 6.03 Å². The molecule has 0 aromatic heterocycles. The minimum atomic E-state index is -0.532. The van der Waals surface area contributed by atoms with E-state index < -0.39 is 6.10 Å². The molecule has 1 atom stereocenters. The summed E-state index contributed by atoms with van der Waals surface area (Å²) in [5.41, 5.74) is 0.881. The highest BCUT2D eigenvalue weighted by Crippen LogP contribution is 2.09. The summed E-state index contributed by atoms with van der Waals surface area (Å²) in [4.78, 5) is 11.2. The molecule has 1 aromatic rings. The third-order valence-electron chi connectivity index (χ3n) is 2.52. The van der Waals surface area contributed by atoms with E-state index in [0.29, 0.717) is 26.2 Å². The second-order valence-electron chi connectivity index (χ2n) is 4.06. The van der Waals surface area contributed by atoms with Crippen LogP contribution in [0.5, 0.6) is 0 Å². The maximum atomic E-state index is 11.2. The molecule has 5 nitrogen and oxygen atoms in total. The molecule has 1 unspecified atom stereocenters. The van der Waals surface area contributed by atoms with Crippen LogP contribution in [0.25, 0.3) is 0 Å². The van der Waals surface area contributed by atoms with Crippen molar-refractivity contribution < 1.29 is 9.90 Å². The quantitative estimate of drug-likeness (QED) is 0.414. The van der Waals surface area contributed by atoms with E-state index >= 15 is 0 Å². The second-order valence-corrected chi connectivity index (χ2v) is 4.06. The smallest absolute Gasteiger partial charge is 0.315 e. The van der Waals surface area contributed by atoms with Crippen molar-refractivity contribution in [3.8, 4) is 0 Å². The number of amides is 2. The van der Waals surface area contributed by atoms with E-state index in [2.05, 4.69) is 22.5 Å². The summed E-state index contributed by atoms with van der Waals surface area (Å²) < 4.78 is 0. The summed E-state index contributed by atoms with van der Waals surface area (Å²) in [6.07, 6.45) is 1.09. The lowest BCUT2D eigenvalue weighted by molar-refractivity contribution is 0.175. The van der Waals surface area contributed by atoms with E-state index in [4.69, 9.17) is 0 Å². The third kappa shape index (κ3) is 6.59. The average molecular weight is 263 g/mol. The van der Waals surface area contributed by atoms with Gasteiger partial charge in [-0.1, -0.05) is 36.4 Å². The van der Waals surface area contributed by atoms with E-state index in [1.807, 2.05) is 30.3 Å². The van der Waals surface area contributed by atoms with Crippen molar-refractivity contribution >= 4 is 6.03 Å². The Hall–Kier alpha value is -1.85. The summed E-state index contributed by atoms with van der Waals surface area (Å²) in [5.74, 6) is 0. The van der Waals surface area contributed by atoms with E-state index in [1.165, 1.54) is 0 Å². The normalized spacial score (nSPS) is 11.6. The number of hydrogen-bond acceptors (Lipinski definition) is 3. The van der Waals surface area contributed by atoms with Crippen LogP contribution in [-0.2, 0) is 0 Å². The van der Waals surface area contributed by atoms with Crippen LogP contribution in [0.3, 0.4) is 0 Å². The molecule has 2 amide bonds. The number of aliphatic hydroxyl groups is 1. The van der Waals surface area contributed by atoms with E-state index in [9.17, 15) is 9.90 Å². The molecule has 5 heteroatoms. The first kappa shape index (κ1) is 15.2. The second kappa shape index (κ2) is 9.13. The van der Waals surface area contributed by atoms with Gasteiger partial charge in [-0.3, -0.25) is 0 Å². The van der Waals surface area contributed by atoms with Crippen LogP contribution in [0, 0.1) is 0 Å².